The molecule has 3 N–H and O–H groups in total. The molecule has 0 aliphatic rings. The monoisotopic (exact) mass is 301 g/mol. The van der Waals surface area contributed by atoms with Crippen LogP contribution in [0.5, 0.6) is 5.75 Å². The molecule has 0 saturated heterocycles. The van der Waals surface area contributed by atoms with E-state index in [0.29, 0.717) is 12.3 Å². The van der Waals surface area contributed by atoms with Crippen molar-refractivity contribution in [1.82, 2.24) is 5.32 Å². The minimum Gasteiger partial charge on any atom is -0.508 e. The zero-order chi connectivity index (χ0) is 16.0. The van der Waals surface area contributed by atoms with Crippen LogP contribution < -0.4 is 5.32 Å². The molecule has 0 aliphatic carbocycles. The lowest BCUT2D eigenvalue weighted by Gasteiger charge is -2.31. The molecule has 0 aromatic heterocycles. The lowest BCUT2D eigenvalue weighted by atomic mass is 9.79. The molecule has 0 fully saturated rings. The highest BCUT2D eigenvalue weighted by atomic mass is 16.3. The Hall–Kier alpha value is -1.58. The molecule has 0 heterocycles. The van der Waals surface area contributed by atoms with Gasteiger partial charge in [-0.1, -0.05) is 44.2 Å². The third kappa shape index (κ3) is 3.60. The number of nitrogens with one attached hydrogen (secondary N) is 1. The Morgan fingerprint density at radius 1 is 1.05 bits per heavy atom. The van der Waals surface area contributed by atoms with E-state index in [0.717, 1.165) is 42.1 Å². The van der Waals surface area contributed by atoms with Gasteiger partial charge in [-0.3, -0.25) is 0 Å². The van der Waals surface area contributed by atoms with Gasteiger partial charge in [0.15, 0.2) is 0 Å². The Balaban J connectivity index is 2.13. The molecule has 3 heteroatoms. The van der Waals surface area contributed by atoms with Crippen molar-refractivity contribution in [3.63, 3.8) is 0 Å². The van der Waals surface area contributed by atoms with Crippen LogP contribution in [0.15, 0.2) is 36.4 Å². The Kier molecular flexibility index (Phi) is 5.81. The normalized spacial score (nSPS) is 12.0. The molecule has 2 aromatic rings. The number of hydrogen-bond donors (Lipinski definition) is 3. The van der Waals surface area contributed by atoms with E-state index in [-0.39, 0.29) is 12.0 Å². The zero-order valence-electron chi connectivity index (χ0n) is 13.6. The van der Waals surface area contributed by atoms with Gasteiger partial charge in [0, 0.05) is 25.3 Å². The van der Waals surface area contributed by atoms with Gasteiger partial charge in [0.1, 0.15) is 5.75 Å². The fourth-order valence-electron chi connectivity index (χ4n) is 3.14. The number of phenols is 1. The van der Waals surface area contributed by atoms with E-state index < -0.39 is 0 Å². The van der Waals surface area contributed by atoms with E-state index in [9.17, 15) is 10.2 Å². The number of fused-ring (bicyclic) bond motifs is 1. The Bertz CT molecular complexity index is 605. The second-order valence-corrected chi connectivity index (χ2v) is 6.07. The fourth-order valence-corrected chi connectivity index (χ4v) is 3.14. The van der Waals surface area contributed by atoms with Crippen LogP contribution in [0.4, 0.5) is 0 Å². The van der Waals surface area contributed by atoms with Crippen LogP contribution in [-0.2, 0) is 6.54 Å². The number of aliphatic hydroxyl groups is 1. The smallest absolute Gasteiger partial charge is 0.120 e. The van der Waals surface area contributed by atoms with Crippen LogP contribution in [0.1, 0.15) is 38.7 Å². The summed E-state index contributed by atoms with van der Waals surface area (Å²) < 4.78 is 0. The largest absolute Gasteiger partial charge is 0.508 e. The molecule has 0 aliphatic heterocycles. The van der Waals surface area contributed by atoms with Crippen LogP contribution >= 0.6 is 0 Å². The van der Waals surface area contributed by atoms with Gasteiger partial charge >= 0.3 is 0 Å². The van der Waals surface area contributed by atoms with Crippen molar-refractivity contribution in [2.24, 2.45) is 5.41 Å². The van der Waals surface area contributed by atoms with Gasteiger partial charge in [-0.05, 0) is 41.5 Å². The predicted octanol–water partition coefficient (Wildman–Crippen LogP) is 3.82. The molecule has 0 unspecified atom stereocenters. The molecule has 0 amide bonds. The van der Waals surface area contributed by atoms with Crippen molar-refractivity contribution in [2.45, 2.75) is 39.7 Å². The van der Waals surface area contributed by atoms with E-state index >= 15 is 0 Å². The Labute approximate surface area is 133 Å². The van der Waals surface area contributed by atoms with Crippen LogP contribution in [-0.4, -0.2) is 23.4 Å². The molecule has 0 radical (unpaired) electrons. The molecule has 0 atom stereocenters. The maximum Gasteiger partial charge on any atom is 0.120 e. The first-order chi connectivity index (χ1) is 10.7. The summed E-state index contributed by atoms with van der Waals surface area (Å²) in [4.78, 5) is 0. The number of rotatable bonds is 8. The number of hydrogen-bond acceptors (Lipinski definition) is 3. The molecular formula is C19H27NO2. The summed E-state index contributed by atoms with van der Waals surface area (Å²) in [6.07, 6.45) is 2.89. The molecule has 0 spiro atoms. The van der Waals surface area contributed by atoms with Crippen molar-refractivity contribution in [3.8, 4) is 5.75 Å². The number of benzene rings is 2. The van der Waals surface area contributed by atoms with E-state index in [4.69, 9.17) is 0 Å². The van der Waals surface area contributed by atoms with Crippen molar-refractivity contribution in [2.75, 3.05) is 13.2 Å². The lowest BCUT2D eigenvalue weighted by molar-refractivity contribution is 0.163. The van der Waals surface area contributed by atoms with Crippen molar-refractivity contribution >= 4 is 10.8 Å². The highest BCUT2D eigenvalue weighted by molar-refractivity contribution is 5.87. The summed E-state index contributed by atoms with van der Waals surface area (Å²) >= 11 is 0. The fraction of sp³-hybridized carbons (Fsp3) is 0.474. The highest BCUT2D eigenvalue weighted by Crippen LogP contribution is 2.31. The molecule has 2 rings (SSSR count). The number of phenolic OH excluding ortho intramolecular Hbond substituents is 1. The molecule has 0 saturated carbocycles. The van der Waals surface area contributed by atoms with Gasteiger partial charge in [-0.15, -0.1) is 0 Å². The highest BCUT2D eigenvalue weighted by Gasteiger charge is 2.25. The first-order valence-electron chi connectivity index (χ1n) is 8.17. The van der Waals surface area contributed by atoms with Gasteiger partial charge in [0.05, 0.1) is 0 Å². The summed E-state index contributed by atoms with van der Waals surface area (Å²) in [5, 5.41) is 25.2. The number of aliphatic hydroxyl groups excluding tert-OH is 1. The summed E-state index contributed by atoms with van der Waals surface area (Å²) in [6.45, 7) is 6.07. The third-order valence-corrected chi connectivity index (χ3v) is 4.96. The summed E-state index contributed by atoms with van der Waals surface area (Å²) in [5.74, 6) is 0.340. The van der Waals surface area contributed by atoms with Crippen LogP contribution in [0.2, 0.25) is 0 Å². The van der Waals surface area contributed by atoms with Crippen LogP contribution in [0.3, 0.4) is 0 Å². The summed E-state index contributed by atoms with van der Waals surface area (Å²) in [7, 11) is 0. The predicted molar refractivity (Wildman–Crippen MR) is 92.0 cm³/mol. The van der Waals surface area contributed by atoms with Gasteiger partial charge in [0.25, 0.3) is 0 Å². The minimum atomic E-state index is 0.134. The van der Waals surface area contributed by atoms with E-state index in [1.807, 2.05) is 24.3 Å². The average molecular weight is 301 g/mol. The third-order valence-electron chi connectivity index (χ3n) is 4.96. The van der Waals surface area contributed by atoms with Crippen molar-refractivity contribution < 1.29 is 10.2 Å². The van der Waals surface area contributed by atoms with Crippen LogP contribution in [0, 0.1) is 5.41 Å². The van der Waals surface area contributed by atoms with Gasteiger partial charge in [0.2, 0.25) is 0 Å². The molecule has 0 bridgehead atoms. The summed E-state index contributed by atoms with van der Waals surface area (Å²) in [5.41, 5.74) is 1.08. The Morgan fingerprint density at radius 2 is 1.77 bits per heavy atom. The topological polar surface area (TPSA) is 52.5 Å². The number of aromatic hydroxyl groups is 1. The van der Waals surface area contributed by atoms with E-state index in [1.54, 1.807) is 6.07 Å². The van der Waals surface area contributed by atoms with Gasteiger partial charge in [-0.2, -0.15) is 0 Å². The van der Waals surface area contributed by atoms with Crippen molar-refractivity contribution in [1.29, 1.82) is 0 Å². The quantitative estimate of drug-likeness (QED) is 0.694. The minimum absolute atomic E-state index is 0.134. The van der Waals surface area contributed by atoms with E-state index in [1.165, 1.54) is 0 Å². The standard InChI is InChI=1S/C19H27NO2/c1-3-19(4-2,11-12-21)14-20-13-17-16-8-6-5-7-15(16)9-10-18(17)22/h5-10,20-22H,3-4,11-14H2,1-2H3. The SMILES string of the molecule is CCC(CC)(CCO)CNCc1c(O)ccc2ccccc12. The molecule has 3 nitrogen and oxygen atoms in total. The molecule has 2 aromatic carbocycles. The second-order valence-electron chi connectivity index (χ2n) is 6.07. The second kappa shape index (κ2) is 7.61. The Morgan fingerprint density at radius 3 is 2.45 bits per heavy atom. The van der Waals surface area contributed by atoms with Gasteiger partial charge < -0.3 is 15.5 Å². The summed E-state index contributed by atoms with van der Waals surface area (Å²) in [6, 6.07) is 11.8. The van der Waals surface area contributed by atoms with Crippen molar-refractivity contribution in [3.05, 3.63) is 42.0 Å². The average Bonchev–Trinajstić information content (AvgIpc) is 2.56. The maximum absolute atomic E-state index is 10.2. The first-order valence-corrected chi connectivity index (χ1v) is 8.17. The molecule has 22 heavy (non-hydrogen) atoms. The first kappa shape index (κ1) is 16.8. The molecule has 120 valence electrons. The maximum atomic E-state index is 10.2. The van der Waals surface area contributed by atoms with Gasteiger partial charge in [-0.25, -0.2) is 0 Å². The zero-order valence-corrected chi connectivity index (χ0v) is 13.6. The lowest BCUT2D eigenvalue weighted by Crippen LogP contribution is -2.34. The molecular weight excluding hydrogens is 274 g/mol. The van der Waals surface area contributed by atoms with Crippen LogP contribution in [0.25, 0.3) is 10.8 Å². The van der Waals surface area contributed by atoms with E-state index in [2.05, 4.69) is 25.2 Å².